The fourth-order valence-electron chi connectivity index (χ4n) is 6.74. The van der Waals surface area contributed by atoms with Gasteiger partial charge in [-0.1, -0.05) is 133 Å². The first-order chi connectivity index (χ1) is 24.2. The largest absolute Gasteiger partial charge is 0.402 e. The Morgan fingerprint density at radius 2 is 1.08 bits per heavy atom. The summed E-state index contributed by atoms with van der Waals surface area (Å²) in [6.45, 7) is 6.00. The molecule has 0 aliphatic carbocycles. The predicted molar refractivity (Wildman–Crippen MR) is 208 cm³/mol. The van der Waals surface area contributed by atoms with E-state index in [1.165, 1.54) is 28.0 Å². The number of nitrogens with one attached hydrogen (secondary N) is 2. The van der Waals surface area contributed by atoms with Crippen molar-refractivity contribution in [1.82, 2.24) is 10.3 Å². The SMILES string of the molecule is C=C.NC1=C(/c2ccccc2)c2ccc([nH]2)/C(c2ccccc2)=C2/CC(N2)/C(c2ccccc2)=C(\N)CC/C=C(\c2ccccc2)C/C=C\1. The monoisotopic (exact) mass is 640 g/mol. The first-order valence-corrected chi connectivity index (χ1v) is 16.9. The predicted octanol–water partition coefficient (Wildman–Crippen LogP) is 9.85. The molecule has 4 bridgehead atoms. The molecule has 4 nitrogen and oxygen atoms in total. The second-order valence-electron chi connectivity index (χ2n) is 12.1. The lowest BCUT2D eigenvalue weighted by Crippen LogP contribution is -2.43. The number of aromatic nitrogens is 1. The quantitative estimate of drug-likeness (QED) is 0.148. The molecule has 1 atom stereocenters. The first-order valence-electron chi connectivity index (χ1n) is 16.9. The number of rotatable bonds is 4. The number of H-pyrrole nitrogens is 1. The maximum atomic E-state index is 6.98. The molecule has 3 aliphatic rings. The molecule has 244 valence electrons. The molecule has 1 unspecified atom stereocenters. The van der Waals surface area contributed by atoms with Gasteiger partial charge in [0.2, 0.25) is 0 Å². The van der Waals surface area contributed by atoms with Gasteiger partial charge in [0.25, 0.3) is 0 Å². The lowest BCUT2D eigenvalue weighted by atomic mass is 9.84. The molecule has 0 saturated carbocycles. The molecule has 49 heavy (non-hydrogen) atoms. The van der Waals surface area contributed by atoms with E-state index >= 15 is 0 Å². The van der Waals surface area contributed by atoms with Gasteiger partial charge in [-0.25, -0.2) is 0 Å². The number of hydrogen-bond donors (Lipinski definition) is 4. The van der Waals surface area contributed by atoms with Crippen LogP contribution in [-0.4, -0.2) is 11.0 Å². The molecular weight excluding hydrogens is 597 g/mol. The van der Waals surface area contributed by atoms with E-state index in [1.54, 1.807) is 0 Å². The maximum Gasteiger partial charge on any atom is 0.0588 e. The van der Waals surface area contributed by atoms with Crippen molar-refractivity contribution in [2.24, 2.45) is 11.5 Å². The zero-order valence-corrected chi connectivity index (χ0v) is 27.9. The van der Waals surface area contributed by atoms with Crippen LogP contribution >= 0.6 is 0 Å². The standard InChI is InChI=1S/C43H40N4.C2H4/c44-35-25-13-23-31(30-15-5-1-6-16-30)24-14-26-36(45)42(33-19-9-3-10-20-33)39-29-40(47-39)43(34-21-11-4-12-22-34)38-28-27-37(46-38)41(35)32-17-7-2-8-18-32;1-2/h1-13,15-22,24-25,27-28,39,46-47H,14,23,26,29,44-45H2;1-2H2/b25-13-,31-24-,41-35-,42-36-,43-40-;. The average Bonchev–Trinajstić information content (AvgIpc) is 3.61. The Labute approximate surface area is 290 Å². The highest BCUT2D eigenvalue weighted by atomic mass is 15.0. The third-order valence-electron chi connectivity index (χ3n) is 9.06. The van der Waals surface area contributed by atoms with Crippen LogP contribution in [0.4, 0.5) is 0 Å². The summed E-state index contributed by atoms with van der Waals surface area (Å²) in [6, 6.07) is 46.6. The Morgan fingerprint density at radius 3 is 1.65 bits per heavy atom. The van der Waals surface area contributed by atoms with Crippen LogP contribution in [0.15, 0.2) is 182 Å². The maximum absolute atomic E-state index is 6.98. The summed E-state index contributed by atoms with van der Waals surface area (Å²) < 4.78 is 0. The Balaban J connectivity index is 0.00000205. The van der Waals surface area contributed by atoms with Gasteiger partial charge >= 0.3 is 0 Å². The van der Waals surface area contributed by atoms with Crippen LogP contribution in [0.3, 0.4) is 0 Å². The third kappa shape index (κ3) is 7.45. The van der Waals surface area contributed by atoms with Crippen molar-refractivity contribution in [3.8, 4) is 0 Å². The fourth-order valence-corrected chi connectivity index (χ4v) is 6.74. The summed E-state index contributed by atoms with van der Waals surface area (Å²) in [7, 11) is 0. The number of fused-ring (bicyclic) bond motifs is 6. The Kier molecular flexibility index (Phi) is 10.6. The average molecular weight is 641 g/mol. The highest BCUT2D eigenvalue weighted by Gasteiger charge is 2.32. The summed E-state index contributed by atoms with van der Waals surface area (Å²) >= 11 is 0. The van der Waals surface area contributed by atoms with Crippen LogP contribution in [0.5, 0.6) is 0 Å². The molecule has 0 amide bonds. The fraction of sp³-hybridized carbons (Fsp3) is 0.111. The van der Waals surface area contributed by atoms with Crippen LogP contribution < -0.4 is 16.8 Å². The number of nitrogens with two attached hydrogens (primary N) is 2. The zero-order valence-electron chi connectivity index (χ0n) is 27.9. The molecule has 1 fully saturated rings. The summed E-state index contributed by atoms with van der Waals surface area (Å²) in [5, 5.41) is 3.86. The molecule has 6 N–H and O–H groups in total. The van der Waals surface area contributed by atoms with E-state index < -0.39 is 0 Å². The topological polar surface area (TPSA) is 79.9 Å². The van der Waals surface area contributed by atoms with E-state index in [0.29, 0.717) is 5.70 Å². The van der Waals surface area contributed by atoms with Gasteiger partial charge in [0.05, 0.1) is 6.04 Å². The van der Waals surface area contributed by atoms with E-state index in [2.05, 4.69) is 169 Å². The lowest BCUT2D eigenvalue weighted by molar-refractivity contribution is 0.539. The van der Waals surface area contributed by atoms with Crippen molar-refractivity contribution in [3.63, 3.8) is 0 Å². The van der Waals surface area contributed by atoms with E-state index in [1.807, 2.05) is 6.07 Å². The van der Waals surface area contributed by atoms with Crippen LogP contribution in [0.2, 0.25) is 0 Å². The van der Waals surface area contributed by atoms with E-state index in [0.717, 1.165) is 65.0 Å². The van der Waals surface area contributed by atoms with Gasteiger partial charge in [0, 0.05) is 51.6 Å². The van der Waals surface area contributed by atoms with Gasteiger partial charge in [-0.2, -0.15) is 0 Å². The number of benzene rings is 4. The molecule has 5 aromatic rings. The van der Waals surface area contributed by atoms with Crippen molar-refractivity contribution in [3.05, 3.63) is 216 Å². The third-order valence-corrected chi connectivity index (χ3v) is 9.06. The van der Waals surface area contributed by atoms with Crippen molar-refractivity contribution < 1.29 is 0 Å². The van der Waals surface area contributed by atoms with Crippen LogP contribution in [-0.2, 0) is 0 Å². The summed E-state index contributed by atoms with van der Waals surface area (Å²) in [6.07, 6.45) is 9.80. The Bertz CT molecular complexity index is 2000. The molecule has 1 saturated heterocycles. The van der Waals surface area contributed by atoms with E-state index in [9.17, 15) is 0 Å². The van der Waals surface area contributed by atoms with E-state index in [4.69, 9.17) is 11.5 Å². The Hall–Kier alpha value is -6.00. The van der Waals surface area contributed by atoms with Gasteiger partial charge in [-0.15, -0.1) is 13.2 Å². The van der Waals surface area contributed by atoms with Gasteiger partial charge in [-0.05, 0) is 65.3 Å². The molecule has 0 spiro atoms. The minimum Gasteiger partial charge on any atom is -0.402 e. The number of allylic oxidation sites excluding steroid dienone is 5. The summed E-state index contributed by atoms with van der Waals surface area (Å²) in [5.74, 6) is 0. The number of hydrogen-bond acceptors (Lipinski definition) is 3. The molecule has 3 aliphatic heterocycles. The van der Waals surface area contributed by atoms with Gasteiger partial charge in [0.1, 0.15) is 0 Å². The molecule has 4 heteroatoms. The lowest BCUT2D eigenvalue weighted by Gasteiger charge is -2.37. The normalized spacial score (nSPS) is 22.9. The molecule has 1 aromatic heterocycles. The van der Waals surface area contributed by atoms with Crippen molar-refractivity contribution in [1.29, 1.82) is 0 Å². The van der Waals surface area contributed by atoms with Crippen LogP contribution in [0.1, 0.15) is 59.3 Å². The zero-order chi connectivity index (χ0) is 34.0. The minimum absolute atomic E-state index is 0.121. The molecule has 0 radical (unpaired) electrons. The molecule has 4 heterocycles. The van der Waals surface area contributed by atoms with Crippen LogP contribution in [0, 0.1) is 0 Å². The van der Waals surface area contributed by atoms with Crippen molar-refractivity contribution in [2.75, 3.05) is 0 Å². The first kappa shape index (κ1) is 32.9. The van der Waals surface area contributed by atoms with Gasteiger partial charge in [0.15, 0.2) is 0 Å². The Morgan fingerprint density at radius 1 is 0.592 bits per heavy atom. The molecule has 8 rings (SSSR count). The smallest absolute Gasteiger partial charge is 0.0588 e. The second kappa shape index (κ2) is 15.7. The highest BCUT2D eigenvalue weighted by Crippen LogP contribution is 2.39. The van der Waals surface area contributed by atoms with Gasteiger partial charge < -0.3 is 21.8 Å². The van der Waals surface area contributed by atoms with Crippen LogP contribution in [0.25, 0.3) is 22.3 Å². The van der Waals surface area contributed by atoms with Crippen molar-refractivity contribution in [2.45, 2.75) is 31.7 Å². The minimum atomic E-state index is 0.121. The molecule has 4 aromatic carbocycles. The molecular formula is C45H44N4. The summed E-state index contributed by atoms with van der Waals surface area (Å²) in [5.41, 5.74) is 28.0. The van der Waals surface area contributed by atoms with E-state index in [-0.39, 0.29) is 6.04 Å². The highest BCUT2D eigenvalue weighted by molar-refractivity contribution is 5.87. The van der Waals surface area contributed by atoms with Crippen molar-refractivity contribution >= 4 is 22.3 Å². The summed E-state index contributed by atoms with van der Waals surface area (Å²) in [4.78, 5) is 3.77. The van der Waals surface area contributed by atoms with Gasteiger partial charge in [-0.3, -0.25) is 0 Å². The number of aromatic amines is 1. The second-order valence-corrected chi connectivity index (χ2v) is 12.1.